The van der Waals surface area contributed by atoms with Gasteiger partial charge in [-0.3, -0.25) is 4.79 Å². The Bertz CT molecular complexity index is 942. The summed E-state index contributed by atoms with van der Waals surface area (Å²) >= 11 is 0. The van der Waals surface area contributed by atoms with Crippen molar-refractivity contribution in [1.29, 1.82) is 0 Å². The van der Waals surface area contributed by atoms with Crippen LogP contribution in [0.25, 0.3) is 0 Å². The van der Waals surface area contributed by atoms with Crippen molar-refractivity contribution in [2.45, 2.75) is 31.7 Å². The fourth-order valence-electron chi connectivity index (χ4n) is 3.61. The van der Waals surface area contributed by atoms with Crippen molar-refractivity contribution in [3.8, 4) is 5.75 Å². The highest BCUT2D eigenvalue weighted by molar-refractivity contribution is 5.94. The monoisotopic (exact) mass is 378 g/mol. The van der Waals surface area contributed by atoms with Crippen LogP contribution in [0.1, 0.15) is 52.9 Å². The second kappa shape index (κ2) is 8.21. The van der Waals surface area contributed by atoms with Gasteiger partial charge in [-0.1, -0.05) is 18.2 Å². The average Bonchev–Trinajstić information content (AvgIpc) is 3.22. The van der Waals surface area contributed by atoms with Crippen molar-refractivity contribution in [1.82, 2.24) is 20.1 Å². The van der Waals surface area contributed by atoms with Gasteiger partial charge in [-0.05, 0) is 31.4 Å². The number of likely N-dealkylation sites (tertiary alicyclic amines) is 1. The highest BCUT2D eigenvalue weighted by Crippen LogP contribution is 2.32. The molecule has 0 unspecified atom stereocenters. The Balaban J connectivity index is 1.55. The normalized spacial score (nSPS) is 16.8. The molecule has 28 heavy (non-hydrogen) atoms. The molecule has 3 heterocycles. The van der Waals surface area contributed by atoms with E-state index in [1.54, 1.807) is 19.4 Å². The van der Waals surface area contributed by atoms with Crippen molar-refractivity contribution in [3.63, 3.8) is 0 Å². The minimum Gasteiger partial charge on any atom is -0.496 e. The van der Waals surface area contributed by atoms with Crippen LogP contribution in [0.3, 0.4) is 0 Å². The van der Waals surface area contributed by atoms with E-state index in [9.17, 15) is 4.79 Å². The number of piperidine rings is 1. The number of hydrogen-bond donors (Lipinski definition) is 0. The molecule has 7 nitrogen and oxygen atoms in total. The van der Waals surface area contributed by atoms with Gasteiger partial charge >= 0.3 is 0 Å². The molecule has 0 saturated carbocycles. The van der Waals surface area contributed by atoms with E-state index in [4.69, 9.17) is 9.15 Å². The molecule has 144 valence electrons. The van der Waals surface area contributed by atoms with Gasteiger partial charge in [0.15, 0.2) is 0 Å². The fourth-order valence-corrected chi connectivity index (χ4v) is 3.61. The summed E-state index contributed by atoms with van der Waals surface area (Å²) in [6.45, 7) is 0.677. The molecule has 0 N–H and O–H groups in total. The molecule has 0 spiro atoms. The van der Waals surface area contributed by atoms with Gasteiger partial charge in [0.2, 0.25) is 5.89 Å². The number of aromatic nitrogens is 3. The number of oxazole rings is 1. The number of carbonyl (C=O) groups is 1. The summed E-state index contributed by atoms with van der Waals surface area (Å²) in [5.74, 6) is 2.09. The van der Waals surface area contributed by atoms with E-state index < -0.39 is 0 Å². The molecule has 0 bridgehead atoms. The summed E-state index contributed by atoms with van der Waals surface area (Å²) < 4.78 is 11.5. The van der Waals surface area contributed by atoms with Crippen LogP contribution in [0.4, 0.5) is 0 Å². The molecule has 0 radical (unpaired) electrons. The van der Waals surface area contributed by atoms with Crippen molar-refractivity contribution in [3.05, 3.63) is 71.7 Å². The van der Waals surface area contributed by atoms with Crippen LogP contribution in [0.15, 0.2) is 53.3 Å². The first-order valence-electron chi connectivity index (χ1n) is 9.40. The molecule has 7 heteroatoms. The number of hydrogen-bond acceptors (Lipinski definition) is 6. The number of benzene rings is 1. The lowest BCUT2D eigenvalue weighted by molar-refractivity contribution is 0.0569. The molecule has 1 atom stereocenters. The zero-order valence-corrected chi connectivity index (χ0v) is 15.7. The van der Waals surface area contributed by atoms with Crippen LogP contribution in [0.2, 0.25) is 0 Å². The topological polar surface area (TPSA) is 81.4 Å². The average molecular weight is 378 g/mol. The summed E-state index contributed by atoms with van der Waals surface area (Å²) in [4.78, 5) is 19.3. The Hall–Kier alpha value is -3.22. The molecule has 1 aliphatic heterocycles. The number of para-hydroxylation sites is 1. The third-order valence-corrected chi connectivity index (χ3v) is 5.01. The maximum atomic E-state index is 12.9. The molecule has 1 saturated heterocycles. The summed E-state index contributed by atoms with van der Waals surface area (Å²) in [7, 11) is 1.66. The molecule has 4 rings (SSSR count). The summed E-state index contributed by atoms with van der Waals surface area (Å²) in [5, 5.41) is 7.56. The summed E-state index contributed by atoms with van der Waals surface area (Å²) in [6.07, 6.45) is 8.19. The van der Waals surface area contributed by atoms with Gasteiger partial charge in [0, 0.05) is 18.5 Å². The van der Waals surface area contributed by atoms with E-state index in [1.807, 2.05) is 29.2 Å². The predicted molar refractivity (Wildman–Crippen MR) is 102 cm³/mol. The molecule has 0 aliphatic carbocycles. The molecule has 1 aromatic carbocycles. The van der Waals surface area contributed by atoms with Crippen molar-refractivity contribution in [2.24, 2.45) is 0 Å². The molecular formula is C21H22N4O3. The lowest BCUT2D eigenvalue weighted by atomic mass is 10.0. The second-order valence-electron chi connectivity index (χ2n) is 6.79. The van der Waals surface area contributed by atoms with Crippen molar-refractivity contribution >= 4 is 5.91 Å². The predicted octanol–water partition coefficient (Wildman–Crippen LogP) is 3.43. The minimum absolute atomic E-state index is 0.0657. The SMILES string of the molecule is COc1ccccc1Cc1cnc([C@@H]2CCCCN2C(=O)c2ccnnc2)o1. The van der Waals surface area contributed by atoms with E-state index in [0.29, 0.717) is 24.4 Å². The molecule has 1 amide bonds. The van der Waals surface area contributed by atoms with Gasteiger partial charge in [-0.2, -0.15) is 10.2 Å². The quantitative estimate of drug-likeness (QED) is 0.677. The van der Waals surface area contributed by atoms with Gasteiger partial charge in [0.1, 0.15) is 17.6 Å². The number of amides is 1. The fraction of sp³-hybridized carbons (Fsp3) is 0.333. The third kappa shape index (κ3) is 3.74. The first-order chi connectivity index (χ1) is 13.8. The molecule has 3 aromatic rings. The lowest BCUT2D eigenvalue weighted by Crippen LogP contribution is -2.38. The van der Waals surface area contributed by atoms with Gasteiger partial charge in [0.05, 0.1) is 31.3 Å². The standard InChI is InChI=1S/C21H22N4O3/c1-27-19-8-3-2-6-15(19)12-17-14-22-20(28-17)18-7-4-5-11-25(18)21(26)16-9-10-23-24-13-16/h2-3,6,8-10,13-14,18H,4-5,7,11-12H2,1H3/t18-/m0/s1. The van der Waals surface area contributed by atoms with Crippen molar-refractivity contribution in [2.75, 3.05) is 13.7 Å². The number of carbonyl (C=O) groups excluding carboxylic acids is 1. The smallest absolute Gasteiger partial charge is 0.256 e. The summed E-state index contributed by atoms with van der Waals surface area (Å²) in [6, 6.07) is 9.36. The molecule has 1 fully saturated rings. The van der Waals surface area contributed by atoms with E-state index in [2.05, 4.69) is 15.2 Å². The Morgan fingerprint density at radius 3 is 2.93 bits per heavy atom. The number of ether oxygens (including phenoxy) is 1. The first kappa shape index (κ1) is 18.2. The number of nitrogens with zero attached hydrogens (tertiary/aromatic N) is 4. The largest absolute Gasteiger partial charge is 0.496 e. The Morgan fingerprint density at radius 1 is 1.21 bits per heavy atom. The van der Waals surface area contributed by atoms with Crippen LogP contribution in [0.5, 0.6) is 5.75 Å². The molecule has 1 aliphatic rings. The van der Waals surface area contributed by atoms with Crippen LogP contribution >= 0.6 is 0 Å². The van der Waals surface area contributed by atoms with Gasteiger partial charge in [-0.15, -0.1) is 0 Å². The maximum Gasteiger partial charge on any atom is 0.256 e. The lowest BCUT2D eigenvalue weighted by Gasteiger charge is -2.33. The molecule has 2 aromatic heterocycles. The van der Waals surface area contributed by atoms with Gasteiger partial charge in [0.25, 0.3) is 5.91 Å². The highest BCUT2D eigenvalue weighted by Gasteiger charge is 2.32. The van der Waals surface area contributed by atoms with E-state index in [1.165, 1.54) is 12.4 Å². The summed E-state index contributed by atoms with van der Waals surface area (Å²) in [5.41, 5.74) is 1.56. The Kier molecular flexibility index (Phi) is 5.32. The van der Waals surface area contributed by atoms with E-state index in [-0.39, 0.29) is 11.9 Å². The Labute approximate surface area is 163 Å². The van der Waals surface area contributed by atoms with Gasteiger partial charge < -0.3 is 14.1 Å². The zero-order chi connectivity index (χ0) is 19.3. The van der Waals surface area contributed by atoms with Crippen LogP contribution in [0, 0.1) is 0 Å². The Morgan fingerprint density at radius 2 is 2.11 bits per heavy atom. The highest BCUT2D eigenvalue weighted by atomic mass is 16.5. The molecular weight excluding hydrogens is 356 g/mol. The number of methoxy groups -OCH3 is 1. The maximum absolute atomic E-state index is 12.9. The van der Waals surface area contributed by atoms with Crippen LogP contribution in [-0.4, -0.2) is 39.6 Å². The van der Waals surface area contributed by atoms with Crippen LogP contribution in [-0.2, 0) is 6.42 Å². The second-order valence-corrected chi connectivity index (χ2v) is 6.79. The van der Waals surface area contributed by atoms with Crippen molar-refractivity contribution < 1.29 is 13.9 Å². The third-order valence-electron chi connectivity index (χ3n) is 5.01. The van der Waals surface area contributed by atoms with Gasteiger partial charge in [-0.25, -0.2) is 4.98 Å². The van der Waals surface area contributed by atoms with Crippen LogP contribution < -0.4 is 4.74 Å². The first-order valence-corrected chi connectivity index (χ1v) is 9.40. The zero-order valence-electron chi connectivity index (χ0n) is 15.7. The minimum atomic E-state index is -0.166. The number of rotatable bonds is 5. The van der Waals surface area contributed by atoms with E-state index in [0.717, 1.165) is 36.3 Å². The van der Waals surface area contributed by atoms with E-state index >= 15 is 0 Å².